The highest BCUT2D eigenvalue weighted by Gasteiger charge is 2.21. The van der Waals surface area contributed by atoms with Gasteiger partial charge in [-0.15, -0.1) is 0 Å². The van der Waals surface area contributed by atoms with Gasteiger partial charge in [0.1, 0.15) is 0 Å². The molecule has 0 saturated carbocycles. The molecule has 0 fully saturated rings. The van der Waals surface area contributed by atoms with Crippen LogP contribution in [0.5, 0.6) is 11.5 Å². The van der Waals surface area contributed by atoms with Crippen molar-refractivity contribution < 1.29 is 22.1 Å². The van der Waals surface area contributed by atoms with Crippen LogP contribution in [0.15, 0.2) is 42.5 Å². The molecule has 28 heavy (non-hydrogen) atoms. The molecule has 0 radical (unpaired) electrons. The predicted molar refractivity (Wildman–Crippen MR) is 110 cm³/mol. The van der Waals surface area contributed by atoms with E-state index in [1.165, 1.54) is 14.0 Å². The number of carbonyl (C=O) groups excluding carboxylic acids is 1. The minimum atomic E-state index is -3.70. The summed E-state index contributed by atoms with van der Waals surface area (Å²) in [5, 5.41) is 0.557. The monoisotopic (exact) mass is 425 g/mol. The Balaban J connectivity index is 2.32. The van der Waals surface area contributed by atoms with Crippen LogP contribution in [0.4, 0.5) is 0 Å². The lowest BCUT2D eigenvalue weighted by molar-refractivity contribution is 0.0690. The van der Waals surface area contributed by atoms with E-state index in [9.17, 15) is 13.2 Å². The fourth-order valence-electron chi connectivity index (χ4n) is 2.52. The molecule has 0 aliphatic heterocycles. The maximum atomic E-state index is 12.9. The lowest BCUT2D eigenvalue weighted by atomic mass is 10.1. The topological polar surface area (TPSA) is 72.9 Å². The molecule has 0 N–H and O–H groups in total. The average Bonchev–Trinajstić information content (AvgIpc) is 2.66. The molecule has 0 aliphatic carbocycles. The van der Waals surface area contributed by atoms with Gasteiger partial charge in [-0.1, -0.05) is 17.7 Å². The van der Waals surface area contributed by atoms with Crippen LogP contribution in [0, 0.1) is 0 Å². The molecule has 0 unspecified atom stereocenters. The van der Waals surface area contributed by atoms with E-state index in [1.54, 1.807) is 47.4 Å². The molecule has 0 spiro atoms. The molecule has 8 heteroatoms. The second kappa shape index (κ2) is 9.30. The molecule has 6 nitrogen and oxygen atoms in total. The Bertz CT molecular complexity index is 926. The first kappa shape index (κ1) is 22.0. The van der Waals surface area contributed by atoms with Gasteiger partial charge < -0.3 is 13.8 Å². The normalized spacial score (nSPS) is 11.4. The summed E-state index contributed by atoms with van der Waals surface area (Å²) < 4.78 is 34.0. The summed E-state index contributed by atoms with van der Waals surface area (Å²) in [6.07, 6.45) is 0. The Morgan fingerprint density at radius 1 is 1.11 bits per heavy atom. The number of halogens is 1. The molecule has 0 saturated heterocycles. The first-order valence-electron chi connectivity index (χ1n) is 8.82. The molecule has 0 aliphatic rings. The highest BCUT2D eigenvalue weighted by atomic mass is 35.5. The van der Waals surface area contributed by atoms with Gasteiger partial charge in [-0.3, -0.25) is 4.79 Å². The van der Waals surface area contributed by atoms with E-state index < -0.39 is 10.1 Å². The standard InChI is InChI=1S/C20H24ClNO5S/c1-5-28(24,25)27-19-12-15(6-11-18(19)26-4)13-22(14(2)3)20(23)16-7-9-17(21)10-8-16/h6-12,14H,5,13H2,1-4H3. The van der Waals surface area contributed by atoms with Crippen LogP contribution in [0.3, 0.4) is 0 Å². The second-order valence-electron chi connectivity index (χ2n) is 6.45. The van der Waals surface area contributed by atoms with Crippen LogP contribution in [-0.2, 0) is 16.7 Å². The van der Waals surface area contributed by atoms with Gasteiger partial charge >= 0.3 is 10.1 Å². The van der Waals surface area contributed by atoms with E-state index in [2.05, 4.69) is 0 Å². The average molecular weight is 426 g/mol. The van der Waals surface area contributed by atoms with Gasteiger partial charge in [0.15, 0.2) is 11.5 Å². The minimum absolute atomic E-state index is 0.0750. The van der Waals surface area contributed by atoms with Crippen molar-refractivity contribution in [1.82, 2.24) is 4.90 Å². The lowest BCUT2D eigenvalue weighted by Gasteiger charge is -2.27. The maximum Gasteiger partial charge on any atom is 0.309 e. The summed E-state index contributed by atoms with van der Waals surface area (Å²) in [5.74, 6) is 0.102. The number of hydrogen-bond acceptors (Lipinski definition) is 5. The van der Waals surface area contributed by atoms with Crippen molar-refractivity contribution in [2.75, 3.05) is 12.9 Å². The molecule has 2 aromatic rings. The van der Waals surface area contributed by atoms with Crippen LogP contribution in [0.2, 0.25) is 5.02 Å². The molecule has 0 heterocycles. The lowest BCUT2D eigenvalue weighted by Crippen LogP contribution is -2.36. The van der Waals surface area contributed by atoms with Crippen molar-refractivity contribution in [2.45, 2.75) is 33.4 Å². The Kier molecular flexibility index (Phi) is 7.32. The van der Waals surface area contributed by atoms with Crippen molar-refractivity contribution in [2.24, 2.45) is 0 Å². The summed E-state index contributed by atoms with van der Waals surface area (Å²) in [4.78, 5) is 14.6. The number of benzene rings is 2. The SMILES string of the molecule is CCS(=O)(=O)Oc1cc(CN(C(=O)c2ccc(Cl)cc2)C(C)C)ccc1OC. The van der Waals surface area contributed by atoms with Crippen molar-refractivity contribution in [1.29, 1.82) is 0 Å². The molecule has 2 rings (SSSR count). The number of rotatable bonds is 8. The van der Waals surface area contributed by atoms with E-state index in [4.69, 9.17) is 20.5 Å². The number of methoxy groups -OCH3 is 1. The van der Waals surface area contributed by atoms with Gasteiger partial charge in [0.25, 0.3) is 5.91 Å². The third kappa shape index (κ3) is 5.62. The van der Waals surface area contributed by atoms with Gasteiger partial charge in [0, 0.05) is 23.2 Å². The highest BCUT2D eigenvalue weighted by Crippen LogP contribution is 2.30. The number of ether oxygens (including phenoxy) is 1. The fourth-order valence-corrected chi connectivity index (χ4v) is 3.17. The molecule has 0 bridgehead atoms. The van der Waals surface area contributed by atoms with Crippen molar-refractivity contribution in [3.05, 3.63) is 58.6 Å². The van der Waals surface area contributed by atoms with Crippen LogP contribution >= 0.6 is 11.6 Å². The Hall–Kier alpha value is -2.25. The number of carbonyl (C=O) groups is 1. The quantitative estimate of drug-likeness (QED) is 0.594. The molecular weight excluding hydrogens is 402 g/mol. The van der Waals surface area contributed by atoms with Crippen LogP contribution in [0.1, 0.15) is 36.7 Å². The molecule has 2 aromatic carbocycles. The Labute approximate surface area is 171 Å². The Morgan fingerprint density at radius 2 is 1.75 bits per heavy atom. The molecule has 1 amide bonds. The van der Waals surface area contributed by atoms with E-state index in [0.29, 0.717) is 16.3 Å². The predicted octanol–water partition coefficient (Wildman–Crippen LogP) is 4.13. The minimum Gasteiger partial charge on any atom is -0.493 e. The third-order valence-electron chi connectivity index (χ3n) is 4.13. The zero-order valence-corrected chi connectivity index (χ0v) is 17.9. The van der Waals surface area contributed by atoms with Crippen molar-refractivity contribution >= 4 is 27.6 Å². The zero-order valence-electron chi connectivity index (χ0n) is 16.3. The van der Waals surface area contributed by atoms with Crippen molar-refractivity contribution in [3.8, 4) is 11.5 Å². The number of hydrogen-bond donors (Lipinski definition) is 0. The van der Waals surface area contributed by atoms with Gasteiger partial charge in [0.05, 0.1) is 12.9 Å². The maximum absolute atomic E-state index is 12.9. The first-order valence-corrected chi connectivity index (χ1v) is 10.8. The van der Waals surface area contributed by atoms with Crippen LogP contribution < -0.4 is 8.92 Å². The highest BCUT2D eigenvalue weighted by molar-refractivity contribution is 7.87. The summed E-state index contributed by atoms with van der Waals surface area (Å²) in [7, 11) is -2.27. The second-order valence-corrected chi connectivity index (χ2v) is 8.74. The molecule has 152 valence electrons. The largest absolute Gasteiger partial charge is 0.493 e. The van der Waals surface area contributed by atoms with Gasteiger partial charge in [-0.05, 0) is 62.7 Å². The third-order valence-corrected chi connectivity index (χ3v) is 5.52. The van der Waals surface area contributed by atoms with Gasteiger partial charge in [-0.2, -0.15) is 8.42 Å². The smallest absolute Gasteiger partial charge is 0.309 e. The van der Waals surface area contributed by atoms with Gasteiger partial charge in [0.2, 0.25) is 0 Å². The fraction of sp³-hybridized carbons (Fsp3) is 0.350. The summed E-state index contributed by atoms with van der Waals surface area (Å²) in [6, 6.07) is 11.6. The number of amides is 1. The van der Waals surface area contributed by atoms with Crippen LogP contribution in [-0.4, -0.2) is 38.1 Å². The van der Waals surface area contributed by atoms with E-state index >= 15 is 0 Å². The van der Waals surface area contributed by atoms with Gasteiger partial charge in [-0.25, -0.2) is 0 Å². The zero-order chi connectivity index (χ0) is 20.9. The number of nitrogens with zero attached hydrogens (tertiary/aromatic N) is 1. The van der Waals surface area contributed by atoms with E-state index in [1.807, 2.05) is 13.8 Å². The van der Waals surface area contributed by atoms with Crippen LogP contribution in [0.25, 0.3) is 0 Å². The molecular formula is C20H24ClNO5S. The first-order chi connectivity index (χ1) is 13.2. The Morgan fingerprint density at radius 3 is 2.29 bits per heavy atom. The summed E-state index contributed by atoms with van der Waals surface area (Å²) >= 11 is 5.90. The van der Waals surface area contributed by atoms with E-state index in [0.717, 1.165) is 5.56 Å². The summed E-state index contributed by atoms with van der Waals surface area (Å²) in [5.41, 5.74) is 1.25. The van der Waals surface area contributed by atoms with Crippen molar-refractivity contribution in [3.63, 3.8) is 0 Å². The molecule has 0 aromatic heterocycles. The molecule has 0 atom stereocenters. The van der Waals surface area contributed by atoms with E-state index in [-0.39, 0.29) is 30.0 Å². The summed E-state index contributed by atoms with van der Waals surface area (Å²) in [6.45, 7) is 5.61.